The van der Waals surface area contributed by atoms with Crippen LogP contribution in [0.2, 0.25) is 5.02 Å². The Labute approximate surface area is 153 Å². The number of guanidine groups is 1. The Morgan fingerprint density at radius 3 is 2.56 bits per heavy atom. The van der Waals surface area contributed by atoms with Gasteiger partial charge in [-0.25, -0.2) is 12.7 Å². The van der Waals surface area contributed by atoms with Gasteiger partial charge in [-0.15, -0.1) is 0 Å². The highest BCUT2D eigenvalue weighted by atomic mass is 35.5. The number of likely N-dealkylation sites (N-methyl/N-ethyl adjacent to an activating group) is 1. The minimum atomic E-state index is -3.78. The second kappa shape index (κ2) is 7.39. The van der Waals surface area contributed by atoms with E-state index in [4.69, 9.17) is 16.3 Å². The van der Waals surface area contributed by atoms with Crippen LogP contribution in [0.15, 0.2) is 28.1 Å². The van der Waals surface area contributed by atoms with Crippen molar-refractivity contribution in [3.8, 4) is 5.75 Å². The normalized spacial score (nSPS) is 19.2. The number of hydrogen-bond donors (Lipinski definition) is 0. The van der Waals surface area contributed by atoms with Gasteiger partial charge in [0.05, 0.1) is 20.2 Å². The minimum Gasteiger partial charge on any atom is -0.495 e. The molecule has 2 heterocycles. The van der Waals surface area contributed by atoms with Gasteiger partial charge in [0.15, 0.2) is 0 Å². The van der Waals surface area contributed by atoms with Crippen molar-refractivity contribution in [2.75, 3.05) is 52.9 Å². The molecule has 0 bridgehead atoms. The topological polar surface area (TPSA) is 65.5 Å². The Bertz CT molecular complexity index is 761. The average molecular weight is 387 g/mol. The van der Waals surface area contributed by atoms with Crippen LogP contribution in [0.5, 0.6) is 5.75 Å². The van der Waals surface area contributed by atoms with Crippen molar-refractivity contribution in [2.24, 2.45) is 4.99 Å². The first-order chi connectivity index (χ1) is 12.0. The Balaban J connectivity index is 1.88. The van der Waals surface area contributed by atoms with Crippen LogP contribution in [0.4, 0.5) is 0 Å². The maximum Gasteiger partial charge on any atom is 0.270 e. The standard InChI is InChI=1S/C16H23ClN4O3S/c1-3-19-8-10-20(11-9-19)16-18-6-7-21(16)25(22,23)15-12-13(17)4-5-14(15)24-2/h4-5,12H,3,6-11H2,1-2H3. The van der Waals surface area contributed by atoms with Crippen LogP contribution >= 0.6 is 11.6 Å². The summed E-state index contributed by atoms with van der Waals surface area (Å²) in [4.78, 5) is 8.92. The van der Waals surface area contributed by atoms with E-state index in [1.165, 1.54) is 17.5 Å². The lowest BCUT2D eigenvalue weighted by atomic mass is 10.3. The number of methoxy groups -OCH3 is 1. The van der Waals surface area contributed by atoms with Gasteiger partial charge in [0.1, 0.15) is 10.6 Å². The number of piperazine rings is 1. The zero-order chi connectivity index (χ0) is 18.0. The van der Waals surface area contributed by atoms with Gasteiger partial charge >= 0.3 is 0 Å². The molecule has 1 saturated heterocycles. The van der Waals surface area contributed by atoms with Gasteiger partial charge in [0, 0.05) is 31.2 Å². The van der Waals surface area contributed by atoms with Gasteiger partial charge in [-0.1, -0.05) is 18.5 Å². The van der Waals surface area contributed by atoms with Crippen LogP contribution in [0.1, 0.15) is 6.92 Å². The summed E-state index contributed by atoms with van der Waals surface area (Å²) in [5.41, 5.74) is 0. The highest BCUT2D eigenvalue weighted by Gasteiger charge is 2.36. The highest BCUT2D eigenvalue weighted by Crippen LogP contribution is 2.31. The van der Waals surface area contributed by atoms with Crippen molar-refractivity contribution < 1.29 is 13.2 Å². The third kappa shape index (κ3) is 3.56. The molecule has 2 aliphatic rings. The largest absolute Gasteiger partial charge is 0.495 e. The Morgan fingerprint density at radius 1 is 1.20 bits per heavy atom. The Hall–Kier alpha value is -1.51. The zero-order valence-corrected chi connectivity index (χ0v) is 16.1. The maximum absolute atomic E-state index is 13.2. The number of nitrogens with zero attached hydrogens (tertiary/aromatic N) is 4. The number of aliphatic imine (C=N–C) groups is 1. The molecule has 3 rings (SSSR count). The van der Waals surface area contributed by atoms with Gasteiger partial charge in [-0.3, -0.25) is 4.99 Å². The predicted molar refractivity (Wildman–Crippen MR) is 97.9 cm³/mol. The van der Waals surface area contributed by atoms with E-state index in [0.717, 1.165) is 32.7 Å². The summed E-state index contributed by atoms with van der Waals surface area (Å²) in [6.45, 7) is 7.28. The molecular weight excluding hydrogens is 364 g/mol. The molecule has 0 atom stereocenters. The molecule has 1 fully saturated rings. The average Bonchev–Trinajstić information content (AvgIpc) is 3.12. The predicted octanol–water partition coefficient (Wildman–Crippen LogP) is 1.35. The summed E-state index contributed by atoms with van der Waals surface area (Å²) in [5, 5.41) is 0.355. The molecule has 25 heavy (non-hydrogen) atoms. The molecule has 0 unspecified atom stereocenters. The molecule has 138 valence electrons. The number of hydrogen-bond acceptors (Lipinski definition) is 6. The fraction of sp³-hybridized carbons (Fsp3) is 0.562. The van der Waals surface area contributed by atoms with Crippen LogP contribution < -0.4 is 4.74 Å². The van der Waals surface area contributed by atoms with E-state index in [2.05, 4.69) is 16.8 Å². The van der Waals surface area contributed by atoms with Crippen LogP contribution in [-0.2, 0) is 10.0 Å². The maximum atomic E-state index is 13.2. The van der Waals surface area contributed by atoms with Crippen LogP contribution in [0.25, 0.3) is 0 Å². The molecule has 2 aliphatic heterocycles. The molecule has 0 spiro atoms. The molecule has 0 N–H and O–H groups in total. The van der Waals surface area contributed by atoms with E-state index in [-0.39, 0.29) is 10.6 Å². The number of rotatable bonds is 4. The summed E-state index contributed by atoms with van der Waals surface area (Å²) in [6, 6.07) is 4.62. The van der Waals surface area contributed by atoms with E-state index in [1.807, 2.05) is 4.90 Å². The van der Waals surface area contributed by atoms with Gasteiger partial charge in [-0.05, 0) is 24.7 Å². The van der Waals surface area contributed by atoms with Crippen LogP contribution in [0.3, 0.4) is 0 Å². The van der Waals surface area contributed by atoms with E-state index in [0.29, 0.717) is 24.1 Å². The summed E-state index contributed by atoms with van der Waals surface area (Å²) in [7, 11) is -2.33. The van der Waals surface area contributed by atoms with Crippen LogP contribution in [-0.4, -0.2) is 81.4 Å². The van der Waals surface area contributed by atoms with Crippen molar-refractivity contribution in [3.63, 3.8) is 0 Å². The van der Waals surface area contributed by atoms with Crippen LogP contribution in [0, 0.1) is 0 Å². The van der Waals surface area contributed by atoms with E-state index in [1.54, 1.807) is 12.1 Å². The smallest absolute Gasteiger partial charge is 0.270 e. The zero-order valence-electron chi connectivity index (χ0n) is 14.5. The minimum absolute atomic E-state index is 0.0734. The molecule has 0 amide bonds. The molecule has 0 aromatic heterocycles. The molecular formula is C16H23ClN4O3S. The first-order valence-electron chi connectivity index (χ1n) is 8.35. The summed E-state index contributed by atoms with van der Waals surface area (Å²) in [5.74, 6) is 0.809. The van der Waals surface area contributed by atoms with Crippen molar-refractivity contribution in [1.82, 2.24) is 14.1 Å². The molecule has 7 nitrogen and oxygen atoms in total. The lowest BCUT2D eigenvalue weighted by molar-refractivity contribution is 0.184. The van der Waals surface area contributed by atoms with Crippen molar-refractivity contribution >= 4 is 27.6 Å². The molecule has 1 aromatic carbocycles. The fourth-order valence-electron chi connectivity index (χ4n) is 3.14. The highest BCUT2D eigenvalue weighted by molar-refractivity contribution is 7.89. The fourth-order valence-corrected chi connectivity index (χ4v) is 5.01. The number of halogens is 1. The first-order valence-corrected chi connectivity index (χ1v) is 10.2. The number of ether oxygens (including phenoxy) is 1. The second-order valence-electron chi connectivity index (χ2n) is 5.98. The first kappa shape index (κ1) is 18.3. The number of benzene rings is 1. The van der Waals surface area contributed by atoms with Crippen molar-refractivity contribution in [1.29, 1.82) is 0 Å². The van der Waals surface area contributed by atoms with Gasteiger partial charge < -0.3 is 14.5 Å². The quantitative estimate of drug-likeness (QED) is 0.781. The lowest BCUT2D eigenvalue weighted by Crippen LogP contribution is -2.53. The van der Waals surface area contributed by atoms with E-state index in [9.17, 15) is 8.42 Å². The third-order valence-corrected chi connectivity index (χ3v) is 6.61. The van der Waals surface area contributed by atoms with Gasteiger partial charge in [0.25, 0.3) is 10.0 Å². The molecule has 1 aromatic rings. The van der Waals surface area contributed by atoms with E-state index < -0.39 is 10.0 Å². The van der Waals surface area contributed by atoms with Gasteiger partial charge in [0.2, 0.25) is 5.96 Å². The van der Waals surface area contributed by atoms with Crippen molar-refractivity contribution in [3.05, 3.63) is 23.2 Å². The third-order valence-electron chi connectivity index (χ3n) is 4.58. The monoisotopic (exact) mass is 386 g/mol. The van der Waals surface area contributed by atoms with Gasteiger partial charge in [-0.2, -0.15) is 0 Å². The Kier molecular flexibility index (Phi) is 5.41. The summed E-state index contributed by atoms with van der Waals surface area (Å²) >= 11 is 6.02. The summed E-state index contributed by atoms with van der Waals surface area (Å²) in [6.07, 6.45) is 0. The Morgan fingerprint density at radius 2 is 1.92 bits per heavy atom. The molecule has 9 heteroatoms. The summed E-state index contributed by atoms with van der Waals surface area (Å²) < 4.78 is 33.0. The van der Waals surface area contributed by atoms with Crippen molar-refractivity contribution in [2.45, 2.75) is 11.8 Å². The molecule has 0 radical (unpaired) electrons. The molecule has 0 saturated carbocycles. The second-order valence-corrected chi connectivity index (χ2v) is 8.24. The lowest BCUT2D eigenvalue weighted by Gasteiger charge is -2.37. The number of sulfonamides is 1. The SMILES string of the molecule is CCN1CCN(C2=NCCN2S(=O)(=O)c2cc(Cl)ccc2OC)CC1. The van der Waals surface area contributed by atoms with E-state index >= 15 is 0 Å². The molecule has 0 aliphatic carbocycles.